The second-order valence-corrected chi connectivity index (χ2v) is 19.5. The summed E-state index contributed by atoms with van der Waals surface area (Å²) in [6.45, 7) is 6.42. The minimum atomic E-state index is -0.809. The van der Waals surface area contributed by atoms with E-state index in [2.05, 4.69) is 154 Å². The van der Waals surface area contributed by atoms with Crippen molar-refractivity contribution < 1.29 is 28.6 Å². The van der Waals surface area contributed by atoms with E-state index >= 15 is 0 Å². The summed E-state index contributed by atoms with van der Waals surface area (Å²) in [7, 11) is 0. The molecule has 1 unspecified atom stereocenters. The van der Waals surface area contributed by atoms with Crippen LogP contribution in [0.4, 0.5) is 0 Å². The van der Waals surface area contributed by atoms with Gasteiger partial charge in [-0.2, -0.15) is 0 Å². The first-order valence-electron chi connectivity index (χ1n) is 30.2. The van der Waals surface area contributed by atoms with Crippen LogP contribution in [-0.4, -0.2) is 37.2 Å². The summed E-state index contributed by atoms with van der Waals surface area (Å²) in [6, 6.07) is 0. The van der Waals surface area contributed by atoms with Crippen LogP contribution in [0.3, 0.4) is 0 Å². The normalized spacial score (nSPS) is 13.1. The maximum Gasteiger partial charge on any atom is 0.306 e. The van der Waals surface area contributed by atoms with Crippen LogP contribution in [0.2, 0.25) is 0 Å². The Morgan fingerprint density at radius 1 is 0.284 bits per heavy atom. The Morgan fingerprint density at radius 3 is 0.905 bits per heavy atom. The van der Waals surface area contributed by atoms with E-state index in [-0.39, 0.29) is 31.1 Å². The molecule has 0 aliphatic carbocycles. The van der Waals surface area contributed by atoms with Crippen molar-refractivity contribution in [2.75, 3.05) is 13.2 Å². The number of esters is 3. The zero-order valence-corrected chi connectivity index (χ0v) is 47.8. The number of unbranched alkanes of at least 4 members (excludes halogenated alkanes) is 20. The average Bonchev–Trinajstić information content (AvgIpc) is 3.40. The smallest absolute Gasteiger partial charge is 0.306 e. The molecule has 0 N–H and O–H groups in total. The van der Waals surface area contributed by atoms with Gasteiger partial charge in [0.1, 0.15) is 13.2 Å². The molecule has 6 heteroatoms. The number of carbonyl (C=O) groups excluding carboxylic acids is 3. The Hall–Kier alpha value is -4.45. The van der Waals surface area contributed by atoms with Crippen molar-refractivity contribution in [2.24, 2.45) is 0 Å². The van der Waals surface area contributed by atoms with Gasteiger partial charge in [0.15, 0.2) is 6.10 Å². The zero-order chi connectivity index (χ0) is 53.6. The number of carbonyl (C=O) groups is 3. The monoisotopic (exact) mass is 1020 g/mol. The number of allylic oxidation sites excluding steroid dienone is 22. The molecule has 0 amide bonds. The highest BCUT2D eigenvalue weighted by molar-refractivity contribution is 5.71. The zero-order valence-electron chi connectivity index (χ0n) is 47.8. The summed E-state index contributed by atoms with van der Waals surface area (Å²) >= 11 is 0. The molecule has 0 aromatic heterocycles. The van der Waals surface area contributed by atoms with Gasteiger partial charge in [-0.25, -0.2) is 0 Å². The standard InChI is InChI=1S/C68H110O6/c1-4-7-10-13-16-19-22-24-26-28-30-31-32-33-34-35-36-37-38-40-41-43-46-49-52-55-58-61-67(70)73-64-65(63-72-66(69)60-57-54-51-48-45-21-18-15-12-9-6-3)74-68(71)62-59-56-53-50-47-44-42-39-29-27-25-23-20-17-14-11-8-5-2/h7,10,15-16,18-20,23-24,26-27,29-31,33-34,36-37,40-41,46,49,65H,4-6,8-9,11-14,17,21-22,25,28,32,35,38-39,42-45,47-48,50-64H2,1-3H3/b10-7-,18-15-,19-16-,23-20-,26-24-,29-27-,31-30-,34-33-,37-36-,41-40-,49-46-. The number of rotatable bonds is 53. The maximum absolute atomic E-state index is 12.9. The van der Waals surface area contributed by atoms with E-state index in [1.54, 1.807) is 0 Å². The first kappa shape index (κ1) is 69.5. The van der Waals surface area contributed by atoms with Gasteiger partial charge < -0.3 is 14.2 Å². The van der Waals surface area contributed by atoms with Gasteiger partial charge in [-0.15, -0.1) is 0 Å². The Labute approximate surface area is 455 Å². The van der Waals surface area contributed by atoms with Gasteiger partial charge in [0, 0.05) is 19.3 Å². The molecule has 0 saturated heterocycles. The van der Waals surface area contributed by atoms with Crippen molar-refractivity contribution in [2.45, 2.75) is 264 Å². The fraction of sp³-hybridized carbons (Fsp3) is 0.632. The van der Waals surface area contributed by atoms with Crippen molar-refractivity contribution in [1.82, 2.24) is 0 Å². The van der Waals surface area contributed by atoms with Crippen molar-refractivity contribution >= 4 is 17.9 Å². The van der Waals surface area contributed by atoms with Crippen LogP contribution in [-0.2, 0) is 28.6 Å². The lowest BCUT2D eigenvalue weighted by Crippen LogP contribution is -2.30. The quantitative estimate of drug-likeness (QED) is 0.0261. The third-order valence-corrected chi connectivity index (χ3v) is 12.4. The molecule has 418 valence electrons. The van der Waals surface area contributed by atoms with E-state index in [9.17, 15) is 14.4 Å². The minimum absolute atomic E-state index is 0.103. The molecule has 0 saturated carbocycles. The van der Waals surface area contributed by atoms with Crippen LogP contribution in [0.5, 0.6) is 0 Å². The fourth-order valence-electron chi connectivity index (χ4n) is 7.82. The maximum atomic E-state index is 12.9. The van der Waals surface area contributed by atoms with E-state index < -0.39 is 6.10 Å². The lowest BCUT2D eigenvalue weighted by molar-refractivity contribution is -0.167. The predicted molar refractivity (Wildman–Crippen MR) is 320 cm³/mol. The van der Waals surface area contributed by atoms with Crippen molar-refractivity contribution in [1.29, 1.82) is 0 Å². The van der Waals surface area contributed by atoms with Crippen LogP contribution >= 0.6 is 0 Å². The topological polar surface area (TPSA) is 78.9 Å². The van der Waals surface area contributed by atoms with Crippen LogP contribution in [0.1, 0.15) is 258 Å². The molecule has 1 atom stereocenters. The SMILES string of the molecule is CC/C=C\C/C=C\C/C=C\C/C=C\C/C=C\C/C=C\C/C=C\C/C=C\CCCCC(=O)OCC(COC(=O)CCCCCCC/C=C\CCCC)OC(=O)CCCCCCCCC/C=C\C/C=C\CCCCCC. The molecular formula is C68H110O6. The summed E-state index contributed by atoms with van der Waals surface area (Å²) < 4.78 is 16.8. The molecule has 0 bridgehead atoms. The number of hydrogen-bond donors (Lipinski definition) is 0. The molecule has 0 aliphatic heterocycles. The van der Waals surface area contributed by atoms with Gasteiger partial charge >= 0.3 is 17.9 Å². The van der Waals surface area contributed by atoms with Crippen LogP contribution in [0, 0.1) is 0 Å². The molecule has 0 radical (unpaired) electrons. The van der Waals surface area contributed by atoms with Gasteiger partial charge in [-0.3, -0.25) is 14.4 Å². The van der Waals surface area contributed by atoms with Gasteiger partial charge in [0.05, 0.1) is 0 Å². The Bertz CT molecular complexity index is 1600. The minimum Gasteiger partial charge on any atom is -0.462 e. The highest BCUT2D eigenvalue weighted by Crippen LogP contribution is 2.14. The molecule has 0 aromatic carbocycles. The Balaban J connectivity index is 4.43. The third kappa shape index (κ3) is 58.4. The van der Waals surface area contributed by atoms with Gasteiger partial charge in [0.25, 0.3) is 0 Å². The lowest BCUT2D eigenvalue weighted by atomic mass is 10.1. The van der Waals surface area contributed by atoms with E-state index in [0.717, 1.165) is 128 Å². The molecule has 0 fully saturated rings. The van der Waals surface area contributed by atoms with Gasteiger partial charge in [0.2, 0.25) is 0 Å². The summed E-state index contributed by atoms with van der Waals surface area (Å²) in [5.41, 5.74) is 0. The van der Waals surface area contributed by atoms with Crippen LogP contribution < -0.4 is 0 Å². The second kappa shape index (κ2) is 61.1. The largest absolute Gasteiger partial charge is 0.462 e. The van der Waals surface area contributed by atoms with Crippen LogP contribution in [0.15, 0.2) is 134 Å². The van der Waals surface area contributed by atoms with Crippen molar-refractivity contribution in [3.8, 4) is 0 Å². The van der Waals surface area contributed by atoms with Crippen LogP contribution in [0.25, 0.3) is 0 Å². The molecule has 0 heterocycles. The lowest BCUT2D eigenvalue weighted by Gasteiger charge is -2.18. The summed E-state index contributed by atoms with van der Waals surface area (Å²) in [5.74, 6) is -0.969. The van der Waals surface area contributed by atoms with E-state index in [0.29, 0.717) is 25.7 Å². The second-order valence-electron chi connectivity index (χ2n) is 19.5. The number of hydrogen-bond acceptors (Lipinski definition) is 6. The van der Waals surface area contributed by atoms with Crippen molar-refractivity contribution in [3.63, 3.8) is 0 Å². The summed E-state index contributed by atoms with van der Waals surface area (Å²) in [5, 5.41) is 0. The molecule has 0 spiro atoms. The molecule has 0 rings (SSSR count). The number of ether oxygens (including phenoxy) is 3. The van der Waals surface area contributed by atoms with Crippen molar-refractivity contribution in [3.05, 3.63) is 134 Å². The summed E-state index contributed by atoms with van der Waals surface area (Å²) in [6.07, 6.45) is 85.9. The fourth-order valence-corrected chi connectivity index (χ4v) is 7.82. The molecule has 74 heavy (non-hydrogen) atoms. The highest BCUT2D eigenvalue weighted by Gasteiger charge is 2.19. The third-order valence-electron chi connectivity index (χ3n) is 12.4. The molecule has 6 nitrogen and oxygen atoms in total. The first-order valence-corrected chi connectivity index (χ1v) is 30.2. The van der Waals surface area contributed by atoms with E-state index in [1.807, 2.05) is 0 Å². The molecule has 0 aromatic rings. The Morgan fingerprint density at radius 2 is 0.541 bits per heavy atom. The summed E-state index contributed by atoms with van der Waals surface area (Å²) in [4.78, 5) is 38.2. The molecule has 0 aliphatic rings. The van der Waals surface area contributed by atoms with E-state index in [4.69, 9.17) is 14.2 Å². The first-order chi connectivity index (χ1) is 36.5. The van der Waals surface area contributed by atoms with E-state index in [1.165, 1.54) is 83.5 Å². The average molecular weight is 1020 g/mol. The highest BCUT2D eigenvalue weighted by atomic mass is 16.6. The van der Waals surface area contributed by atoms with Gasteiger partial charge in [-0.05, 0) is 135 Å². The Kier molecular flexibility index (Phi) is 57.4. The predicted octanol–water partition coefficient (Wildman–Crippen LogP) is 20.6. The van der Waals surface area contributed by atoms with Gasteiger partial charge in [-0.1, -0.05) is 238 Å². The molecular weight excluding hydrogens is 913 g/mol.